The number of hydrogen-bond acceptors (Lipinski definition) is 4. The quantitative estimate of drug-likeness (QED) is 0.728. The summed E-state index contributed by atoms with van der Waals surface area (Å²) < 4.78 is 1.62. The summed E-state index contributed by atoms with van der Waals surface area (Å²) in [5.74, 6) is 0. The van der Waals surface area contributed by atoms with Crippen molar-refractivity contribution in [2.24, 2.45) is 0 Å². The van der Waals surface area contributed by atoms with E-state index in [4.69, 9.17) is 11.6 Å². The molecule has 0 N–H and O–H groups in total. The number of halogens is 1. The maximum Gasteiger partial charge on any atom is 0.191 e. The maximum atomic E-state index is 9.25. The van der Waals surface area contributed by atoms with Crippen LogP contribution in [0.2, 0.25) is 5.02 Å². The Balaban J connectivity index is 2.29. The normalized spacial score (nSPS) is 10.3. The average molecular weight is 296 g/mol. The molecule has 2 aromatic heterocycles. The van der Waals surface area contributed by atoms with Crippen LogP contribution in [0.1, 0.15) is 11.3 Å². The minimum Gasteiger partial charge on any atom is -0.264 e. The summed E-state index contributed by atoms with van der Waals surface area (Å²) in [5, 5.41) is 17.9. The Morgan fingerprint density at radius 1 is 1.24 bits per heavy atom. The van der Waals surface area contributed by atoms with Crippen molar-refractivity contribution in [3.05, 3.63) is 59.0 Å². The van der Waals surface area contributed by atoms with E-state index in [1.54, 1.807) is 23.1 Å². The summed E-state index contributed by atoms with van der Waals surface area (Å²) in [6.45, 7) is 1.90. The first-order valence-corrected chi connectivity index (χ1v) is 6.62. The molecular formula is C15H10ClN5. The number of nitrogens with zero attached hydrogens (tertiary/aromatic N) is 5. The highest BCUT2D eigenvalue weighted by atomic mass is 35.5. The molecule has 0 bridgehead atoms. The summed E-state index contributed by atoms with van der Waals surface area (Å²) in [4.78, 5) is 4.09. The molecule has 0 aliphatic rings. The zero-order valence-electron chi connectivity index (χ0n) is 11.2. The Bertz CT molecular complexity index is 833. The third-order valence-electron chi connectivity index (χ3n) is 3.18. The number of pyridine rings is 1. The number of aromatic nitrogens is 4. The van der Waals surface area contributed by atoms with Crippen LogP contribution in [-0.4, -0.2) is 20.0 Å². The smallest absolute Gasteiger partial charge is 0.191 e. The maximum absolute atomic E-state index is 9.25. The fourth-order valence-corrected chi connectivity index (χ4v) is 2.28. The van der Waals surface area contributed by atoms with Crippen LogP contribution < -0.4 is 0 Å². The molecule has 2 heterocycles. The van der Waals surface area contributed by atoms with Crippen LogP contribution in [0.4, 0.5) is 0 Å². The standard InChI is InChI=1S/C15H10ClN5/c1-10-12(16)5-2-6-14(10)21-15(13(8-17)19-20-21)11-4-3-7-18-9-11/h2-7,9H,1H3. The van der Waals surface area contributed by atoms with E-state index in [-0.39, 0.29) is 5.69 Å². The molecule has 0 fully saturated rings. The minimum absolute atomic E-state index is 0.252. The van der Waals surface area contributed by atoms with Crippen molar-refractivity contribution >= 4 is 11.6 Å². The van der Waals surface area contributed by atoms with Crippen LogP contribution in [0.15, 0.2) is 42.7 Å². The summed E-state index contributed by atoms with van der Waals surface area (Å²) in [5.41, 5.74) is 3.30. The topological polar surface area (TPSA) is 67.4 Å². The van der Waals surface area contributed by atoms with E-state index in [1.807, 2.05) is 31.2 Å². The molecule has 5 nitrogen and oxygen atoms in total. The van der Waals surface area contributed by atoms with Gasteiger partial charge in [0.15, 0.2) is 5.69 Å². The van der Waals surface area contributed by atoms with Gasteiger partial charge in [0.05, 0.1) is 5.69 Å². The molecule has 102 valence electrons. The molecule has 21 heavy (non-hydrogen) atoms. The first kappa shape index (κ1) is 13.3. The van der Waals surface area contributed by atoms with E-state index in [2.05, 4.69) is 21.4 Å². The first-order valence-electron chi connectivity index (χ1n) is 6.24. The van der Waals surface area contributed by atoms with Crippen LogP contribution in [0.3, 0.4) is 0 Å². The van der Waals surface area contributed by atoms with Crippen molar-refractivity contribution in [1.82, 2.24) is 20.0 Å². The van der Waals surface area contributed by atoms with E-state index in [0.29, 0.717) is 10.7 Å². The molecule has 3 rings (SSSR count). The lowest BCUT2D eigenvalue weighted by Gasteiger charge is -2.10. The number of rotatable bonds is 2. The van der Waals surface area contributed by atoms with Crippen molar-refractivity contribution in [2.45, 2.75) is 6.92 Å². The highest BCUT2D eigenvalue weighted by Gasteiger charge is 2.18. The minimum atomic E-state index is 0.252. The van der Waals surface area contributed by atoms with Crippen LogP contribution in [0.5, 0.6) is 0 Å². The van der Waals surface area contributed by atoms with E-state index < -0.39 is 0 Å². The predicted octanol–water partition coefficient (Wildman–Crippen LogP) is 3.16. The molecule has 0 amide bonds. The predicted molar refractivity (Wildman–Crippen MR) is 79.1 cm³/mol. The summed E-state index contributed by atoms with van der Waals surface area (Å²) in [7, 11) is 0. The van der Waals surface area contributed by atoms with E-state index in [1.165, 1.54) is 0 Å². The molecule has 6 heteroatoms. The lowest BCUT2D eigenvalue weighted by atomic mass is 10.1. The second-order valence-corrected chi connectivity index (χ2v) is 4.84. The lowest BCUT2D eigenvalue weighted by molar-refractivity contribution is 0.802. The Morgan fingerprint density at radius 2 is 2.10 bits per heavy atom. The van der Waals surface area contributed by atoms with Gasteiger partial charge in [0, 0.05) is 23.0 Å². The van der Waals surface area contributed by atoms with E-state index in [9.17, 15) is 5.26 Å². The fourth-order valence-electron chi connectivity index (χ4n) is 2.11. The zero-order chi connectivity index (χ0) is 14.8. The van der Waals surface area contributed by atoms with Crippen LogP contribution in [0, 0.1) is 18.3 Å². The zero-order valence-corrected chi connectivity index (χ0v) is 11.9. The van der Waals surface area contributed by atoms with Crippen molar-refractivity contribution in [3.8, 4) is 23.0 Å². The van der Waals surface area contributed by atoms with Gasteiger partial charge in [-0.25, -0.2) is 4.68 Å². The highest BCUT2D eigenvalue weighted by molar-refractivity contribution is 6.31. The van der Waals surface area contributed by atoms with Crippen molar-refractivity contribution < 1.29 is 0 Å². The fraction of sp³-hybridized carbons (Fsp3) is 0.0667. The SMILES string of the molecule is Cc1c(Cl)cccc1-n1nnc(C#N)c1-c1cccnc1. The third-order valence-corrected chi connectivity index (χ3v) is 3.59. The van der Waals surface area contributed by atoms with Gasteiger partial charge in [-0.1, -0.05) is 22.9 Å². The molecule has 0 saturated carbocycles. The van der Waals surface area contributed by atoms with Crippen LogP contribution >= 0.6 is 11.6 Å². The van der Waals surface area contributed by atoms with Gasteiger partial charge in [-0.2, -0.15) is 5.26 Å². The van der Waals surface area contributed by atoms with Crippen molar-refractivity contribution in [3.63, 3.8) is 0 Å². The Kier molecular flexibility index (Phi) is 3.38. The second kappa shape index (κ2) is 5.35. The van der Waals surface area contributed by atoms with Gasteiger partial charge in [-0.3, -0.25) is 4.98 Å². The van der Waals surface area contributed by atoms with Gasteiger partial charge >= 0.3 is 0 Å². The number of benzene rings is 1. The van der Waals surface area contributed by atoms with Gasteiger partial charge < -0.3 is 0 Å². The lowest BCUT2D eigenvalue weighted by Crippen LogP contribution is -2.02. The molecule has 0 spiro atoms. The molecule has 1 aromatic carbocycles. The van der Waals surface area contributed by atoms with Crippen molar-refractivity contribution in [2.75, 3.05) is 0 Å². The molecule has 0 aliphatic heterocycles. The molecule has 0 atom stereocenters. The summed E-state index contributed by atoms with van der Waals surface area (Å²) in [6, 6.07) is 11.3. The van der Waals surface area contributed by atoms with Gasteiger partial charge in [0.25, 0.3) is 0 Å². The third kappa shape index (κ3) is 2.26. The molecular weight excluding hydrogens is 286 g/mol. The van der Waals surface area contributed by atoms with Crippen molar-refractivity contribution in [1.29, 1.82) is 5.26 Å². The first-order chi connectivity index (χ1) is 10.2. The monoisotopic (exact) mass is 295 g/mol. The van der Waals surface area contributed by atoms with E-state index in [0.717, 1.165) is 16.8 Å². The Hall–Kier alpha value is -2.71. The molecule has 3 aromatic rings. The van der Waals surface area contributed by atoms with Gasteiger partial charge in [-0.15, -0.1) is 5.10 Å². The number of hydrogen-bond donors (Lipinski definition) is 0. The molecule has 0 unspecified atom stereocenters. The number of nitriles is 1. The van der Waals surface area contributed by atoms with Gasteiger partial charge in [0.1, 0.15) is 11.8 Å². The molecule has 0 radical (unpaired) electrons. The van der Waals surface area contributed by atoms with Crippen LogP contribution in [0.25, 0.3) is 16.9 Å². The summed E-state index contributed by atoms with van der Waals surface area (Å²) in [6.07, 6.45) is 3.35. The largest absolute Gasteiger partial charge is 0.264 e. The Morgan fingerprint density at radius 3 is 2.81 bits per heavy atom. The van der Waals surface area contributed by atoms with E-state index >= 15 is 0 Å². The second-order valence-electron chi connectivity index (χ2n) is 4.44. The van der Waals surface area contributed by atoms with Gasteiger partial charge in [-0.05, 0) is 36.8 Å². The molecule has 0 saturated heterocycles. The van der Waals surface area contributed by atoms with Crippen LogP contribution in [-0.2, 0) is 0 Å². The Labute approximate surface area is 126 Å². The average Bonchev–Trinajstić information content (AvgIpc) is 2.94. The molecule has 0 aliphatic carbocycles. The summed E-state index contributed by atoms with van der Waals surface area (Å²) >= 11 is 6.16. The van der Waals surface area contributed by atoms with Gasteiger partial charge in [0.2, 0.25) is 0 Å². The highest BCUT2D eigenvalue weighted by Crippen LogP contribution is 2.28.